The fourth-order valence-corrected chi connectivity index (χ4v) is 2.48. The Kier molecular flexibility index (Phi) is 1.18. The Morgan fingerprint density at radius 2 is 1.55 bits per heavy atom. The highest BCUT2D eigenvalue weighted by Crippen LogP contribution is 2.54. The van der Waals surface area contributed by atoms with Gasteiger partial charge in [-0.3, -0.25) is 0 Å². The largest absolute Gasteiger partial charge is 0.300 e. The molecule has 0 bridgehead atoms. The Bertz CT molecular complexity index is 158. The third-order valence-electron chi connectivity index (χ3n) is 3.88. The van der Waals surface area contributed by atoms with Crippen LogP contribution in [0.25, 0.3) is 0 Å². The van der Waals surface area contributed by atoms with Crippen LogP contribution in [-0.2, 0) is 0 Å². The van der Waals surface area contributed by atoms with Crippen molar-refractivity contribution in [1.82, 2.24) is 4.90 Å². The second-order valence-corrected chi connectivity index (χ2v) is 4.77. The minimum absolute atomic E-state index is 0.880. The van der Waals surface area contributed by atoms with Gasteiger partial charge in [-0.05, 0) is 57.0 Å². The van der Waals surface area contributed by atoms with Crippen molar-refractivity contribution in [2.45, 2.75) is 44.6 Å². The van der Waals surface area contributed by atoms with Gasteiger partial charge in [0.05, 0.1) is 0 Å². The lowest BCUT2D eigenvalue weighted by atomic mass is 9.94. The third kappa shape index (κ3) is 1.10. The first kappa shape index (κ1) is 6.47. The molecular formula is C10H17N. The van der Waals surface area contributed by atoms with Crippen molar-refractivity contribution in [2.75, 3.05) is 13.1 Å². The zero-order valence-corrected chi connectivity index (χ0v) is 7.18. The summed E-state index contributed by atoms with van der Waals surface area (Å²) in [5.74, 6) is 0. The van der Waals surface area contributed by atoms with Crippen LogP contribution in [-0.4, -0.2) is 24.0 Å². The van der Waals surface area contributed by atoms with Crippen molar-refractivity contribution in [3.63, 3.8) is 0 Å². The summed E-state index contributed by atoms with van der Waals surface area (Å²) in [6.45, 7) is 2.84. The van der Waals surface area contributed by atoms with Gasteiger partial charge in [0, 0.05) is 6.04 Å². The second kappa shape index (κ2) is 2.01. The fraction of sp³-hybridized carbons (Fsp3) is 1.00. The van der Waals surface area contributed by atoms with Crippen LogP contribution in [0.15, 0.2) is 0 Å². The van der Waals surface area contributed by atoms with Crippen LogP contribution in [0, 0.1) is 5.41 Å². The quantitative estimate of drug-likeness (QED) is 0.554. The minimum atomic E-state index is 0.880. The molecule has 0 radical (unpaired) electrons. The molecule has 1 saturated heterocycles. The Balaban J connectivity index is 1.59. The van der Waals surface area contributed by atoms with E-state index in [2.05, 4.69) is 4.90 Å². The van der Waals surface area contributed by atoms with Crippen LogP contribution in [0.1, 0.15) is 38.5 Å². The first-order valence-electron chi connectivity index (χ1n) is 5.12. The Labute approximate surface area is 68.8 Å². The molecule has 0 aromatic heterocycles. The van der Waals surface area contributed by atoms with Crippen molar-refractivity contribution in [3.05, 3.63) is 0 Å². The molecular weight excluding hydrogens is 134 g/mol. The van der Waals surface area contributed by atoms with E-state index in [1.165, 1.54) is 38.8 Å². The lowest BCUT2D eigenvalue weighted by Crippen LogP contribution is -2.35. The van der Waals surface area contributed by atoms with Gasteiger partial charge >= 0.3 is 0 Å². The summed E-state index contributed by atoms with van der Waals surface area (Å²) in [6, 6.07) is 1.02. The van der Waals surface area contributed by atoms with Crippen LogP contribution < -0.4 is 0 Å². The SMILES string of the molecule is C1CC1N1CCC2(CC1)CC2. The zero-order chi connectivity index (χ0) is 7.31. The standard InChI is InChI=1S/C10H17N/c1-2-9(1)11-7-5-10(3-4-10)6-8-11/h9H,1-8H2. The molecule has 3 rings (SSSR count). The molecule has 0 aromatic carbocycles. The van der Waals surface area contributed by atoms with Gasteiger partial charge in [-0.25, -0.2) is 0 Å². The third-order valence-corrected chi connectivity index (χ3v) is 3.88. The van der Waals surface area contributed by atoms with E-state index in [-0.39, 0.29) is 0 Å². The maximum Gasteiger partial charge on any atom is 0.00964 e. The molecule has 0 aromatic rings. The van der Waals surface area contributed by atoms with Gasteiger partial charge in [-0.1, -0.05) is 0 Å². The average molecular weight is 151 g/mol. The van der Waals surface area contributed by atoms with E-state index < -0.39 is 0 Å². The van der Waals surface area contributed by atoms with Crippen LogP contribution >= 0.6 is 0 Å². The van der Waals surface area contributed by atoms with Gasteiger partial charge in [0.2, 0.25) is 0 Å². The summed E-state index contributed by atoms with van der Waals surface area (Å²) < 4.78 is 0. The van der Waals surface area contributed by atoms with Crippen molar-refractivity contribution >= 4 is 0 Å². The van der Waals surface area contributed by atoms with Crippen LogP contribution in [0.4, 0.5) is 0 Å². The van der Waals surface area contributed by atoms with E-state index in [0.29, 0.717) is 0 Å². The Morgan fingerprint density at radius 1 is 0.909 bits per heavy atom. The predicted octanol–water partition coefficient (Wildman–Crippen LogP) is 2.02. The van der Waals surface area contributed by atoms with E-state index in [4.69, 9.17) is 0 Å². The smallest absolute Gasteiger partial charge is 0.00964 e. The molecule has 11 heavy (non-hydrogen) atoms. The van der Waals surface area contributed by atoms with Crippen molar-refractivity contribution in [1.29, 1.82) is 0 Å². The Hall–Kier alpha value is -0.0400. The number of hydrogen-bond donors (Lipinski definition) is 0. The lowest BCUT2D eigenvalue weighted by molar-refractivity contribution is 0.165. The monoisotopic (exact) mass is 151 g/mol. The highest BCUT2D eigenvalue weighted by molar-refractivity contribution is 4.99. The molecule has 1 nitrogen and oxygen atoms in total. The molecule has 1 aliphatic heterocycles. The number of nitrogens with zero attached hydrogens (tertiary/aromatic N) is 1. The molecule has 2 aliphatic carbocycles. The maximum absolute atomic E-state index is 2.73. The molecule has 1 spiro atoms. The number of piperidine rings is 1. The first-order valence-corrected chi connectivity index (χ1v) is 5.12. The van der Waals surface area contributed by atoms with Gasteiger partial charge in [0.1, 0.15) is 0 Å². The van der Waals surface area contributed by atoms with E-state index in [1.807, 2.05) is 0 Å². The molecule has 1 heteroatoms. The molecule has 0 unspecified atom stereocenters. The fourth-order valence-electron chi connectivity index (χ4n) is 2.48. The molecule has 2 saturated carbocycles. The van der Waals surface area contributed by atoms with E-state index >= 15 is 0 Å². The van der Waals surface area contributed by atoms with Crippen LogP contribution in [0.3, 0.4) is 0 Å². The first-order chi connectivity index (χ1) is 5.38. The van der Waals surface area contributed by atoms with E-state index in [0.717, 1.165) is 11.5 Å². The molecule has 0 N–H and O–H groups in total. The summed E-state index contributed by atoms with van der Waals surface area (Å²) in [4.78, 5) is 2.73. The average Bonchev–Trinajstić information content (AvgIpc) is 2.86. The normalized spacial score (nSPS) is 36.0. The summed E-state index contributed by atoms with van der Waals surface area (Å²) >= 11 is 0. The molecule has 3 fully saturated rings. The second-order valence-electron chi connectivity index (χ2n) is 4.77. The van der Waals surface area contributed by atoms with Crippen LogP contribution in [0.5, 0.6) is 0 Å². The van der Waals surface area contributed by atoms with E-state index in [1.54, 1.807) is 12.8 Å². The topological polar surface area (TPSA) is 3.24 Å². The molecule has 62 valence electrons. The van der Waals surface area contributed by atoms with Gasteiger partial charge in [0.15, 0.2) is 0 Å². The number of rotatable bonds is 1. The van der Waals surface area contributed by atoms with Gasteiger partial charge in [-0.15, -0.1) is 0 Å². The van der Waals surface area contributed by atoms with Gasteiger partial charge < -0.3 is 4.90 Å². The number of likely N-dealkylation sites (tertiary alicyclic amines) is 1. The van der Waals surface area contributed by atoms with Gasteiger partial charge in [-0.2, -0.15) is 0 Å². The maximum atomic E-state index is 2.73. The summed E-state index contributed by atoms with van der Waals surface area (Å²) in [7, 11) is 0. The molecule has 3 aliphatic rings. The molecule has 1 heterocycles. The van der Waals surface area contributed by atoms with Crippen LogP contribution in [0.2, 0.25) is 0 Å². The summed E-state index contributed by atoms with van der Waals surface area (Å²) in [6.07, 6.45) is 9.12. The summed E-state index contributed by atoms with van der Waals surface area (Å²) in [5, 5.41) is 0. The van der Waals surface area contributed by atoms with Gasteiger partial charge in [0.25, 0.3) is 0 Å². The highest BCUT2D eigenvalue weighted by Gasteiger charge is 2.46. The molecule has 0 atom stereocenters. The zero-order valence-electron chi connectivity index (χ0n) is 7.18. The van der Waals surface area contributed by atoms with E-state index in [9.17, 15) is 0 Å². The van der Waals surface area contributed by atoms with Crippen molar-refractivity contribution in [2.24, 2.45) is 5.41 Å². The lowest BCUT2D eigenvalue weighted by Gasteiger charge is -2.31. The highest BCUT2D eigenvalue weighted by atomic mass is 15.2. The Morgan fingerprint density at radius 3 is 2.00 bits per heavy atom. The molecule has 0 amide bonds. The number of hydrogen-bond acceptors (Lipinski definition) is 1. The summed E-state index contributed by atoms with van der Waals surface area (Å²) in [5.41, 5.74) is 0.880. The van der Waals surface area contributed by atoms with Crippen molar-refractivity contribution < 1.29 is 0 Å². The predicted molar refractivity (Wildman–Crippen MR) is 45.5 cm³/mol. The minimum Gasteiger partial charge on any atom is -0.300 e. The van der Waals surface area contributed by atoms with Crippen molar-refractivity contribution in [3.8, 4) is 0 Å².